The van der Waals surface area contributed by atoms with Crippen molar-refractivity contribution in [2.75, 3.05) is 26.2 Å². The average Bonchev–Trinajstić information content (AvgIpc) is 2.83. The molecule has 160 valence electrons. The van der Waals surface area contributed by atoms with Gasteiger partial charge >= 0.3 is 0 Å². The number of carbonyl (C=O) groups is 1. The van der Waals surface area contributed by atoms with Crippen LogP contribution in [0.5, 0.6) is 11.5 Å². The molecule has 0 saturated heterocycles. The molecule has 0 fully saturated rings. The third-order valence-corrected chi connectivity index (χ3v) is 5.41. The number of rotatable bonds is 8. The fraction of sp³-hybridized carbons (Fsp3) is 0.269. The molecule has 5 heteroatoms. The largest absolute Gasteiger partial charge is 0.486 e. The van der Waals surface area contributed by atoms with Gasteiger partial charge in [-0.25, -0.2) is 0 Å². The predicted molar refractivity (Wildman–Crippen MR) is 121 cm³/mol. The number of para-hydroxylation sites is 2. The van der Waals surface area contributed by atoms with Gasteiger partial charge in [0, 0.05) is 6.54 Å². The quantitative estimate of drug-likeness (QED) is 0.602. The molecule has 1 atom stereocenters. The van der Waals surface area contributed by atoms with Gasteiger partial charge in [0.25, 0.3) is 0 Å². The van der Waals surface area contributed by atoms with E-state index in [4.69, 9.17) is 9.47 Å². The first kappa shape index (κ1) is 20.9. The molecule has 0 aromatic heterocycles. The van der Waals surface area contributed by atoms with Crippen molar-refractivity contribution in [1.82, 2.24) is 10.2 Å². The summed E-state index contributed by atoms with van der Waals surface area (Å²) in [7, 11) is 0. The van der Waals surface area contributed by atoms with Crippen LogP contribution in [0.25, 0.3) is 0 Å². The van der Waals surface area contributed by atoms with Gasteiger partial charge in [0.15, 0.2) is 11.5 Å². The minimum absolute atomic E-state index is 0.0170. The maximum absolute atomic E-state index is 13.0. The second-order valence-corrected chi connectivity index (χ2v) is 7.65. The van der Waals surface area contributed by atoms with Crippen molar-refractivity contribution in [2.45, 2.75) is 19.1 Å². The standard InChI is InChI=1S/C26H28N2O3/c1-2-28(17-22-19-30-23-15-9-10-16-24(23)31-22)18-25(29)27-26(20-11-5-3-6-12-20)21-13-7-4-8-14-21/h3-16,22,26H,2,17-19H2,1H3,(H,27,29). The van der Waals surface area contributed by atoms with Crippen LogP contribution in [0, 0.1) is 0 Å². The van der Waals surface area contributed by atoms with E-state index < -0.39 is 0 Å². The van der Waals surface area contributed by atoms with E-state index in [1.807, 2.05) is 84.9 Å². The molecule has 0 aliphatic carbocycles. The zero-order valence-electron chi connectivity index (χ0n) is 17.7. The molecule has 1 N–H and O–H groups in total. The SMILES string of the molecule is CCN(CC(=O)NC(c1ccccc1)c1ccccc1)CC1COc2ccccc2O1. The highest BCUT2D eigenvalue weighted by molar-refractivity contribution is 5.79. The van der Waals surface area contributed by atoms with Gasteiger partial charge in [-0.2, -0.15) is 0 Å². The van der Waals surface area contributed by atoms with Crippen molar-refractivity contribution < 1.29 is 14.3 Å². The first-order valence-corrected chi connectivity index (χ1v) is 10.7. The molecule has 1 aliphatic rings. The van der Waals surface area contributed by atoms with E-state index in [2.05, 4.69) is 17.1 Å². The van der Waals surface area contributed by atoms with Crippen LogP contribution in [0.4, 0.5) is 0 Å². The van der Waals surface area contributed by atoms with Gasteiger partial charge < -0.3 is 14.8 Å². The second kappa shape index (κ2) is 10.1. The van der Waals surface area contributed by atoms with Gasteiger partial charge in [0.1, 0.15) is 12.7 Å². The zero-order chi connectivity index (χ0) is 21.5. The van der Waals surface area contributed by atoms with Crippen LogP contribution in [0.1, 0.15) is 24.1 Å². The number of fused-ring (bicyclic) bond motifs is 1. The molecular formula is C26H28N2O3. The van der Waals surface area contributed by atoms with E-state index in [0.717, 1.165) is 29.2 Å². The van der Waals surface area contributed by atoms with E-state index >= 15 is 0 Å². The zero-order valence-corrected chi connectivity index (χ0v) is 17.7. The Kier molecular flexibility index (Phi) is 6.85. The molecule has 0 radical (unpaired) electrons. The van der Waals surface area contributed by atoms with Crippen molar-refractivity contribution in [3.63, 3.8) is 0 Å². The van der Waals surface area contributed by atoms with Crippen molar-refractivity contribution >= 4 is 5.91 Å². The Balaban J connectivity index is 1.40. The molecule has 1 aliphatic heterocycles. The number of benzene rings is 3. The number of carbonyl (C=O) groups excluding carboxylic acids is 1. The molecule has 0 spiro atoms. The summed E-state index contributed by atoms with van der Waals surface area (Å²) in [6.07, 6.45) is -0.110. The Hall–Kier alpha value is -3.31. The first-order valence-electron chi connectivity index (χ1n) is 10.7. The third kappa shape index (κ3) is 5.44. The van der Waals surface area contributed by atoms with Crippen LogP contribution < -0.4 is 14.8 Å². The van der Waals surface area contributed by atoms with Gasteiger partial charge in [0.2, 0.25) is 5.91 Å². The topological polar surface area (TPSA) is 50.8 Å². The maximum Gasteiger partial charge on any atom is 0.234 e. The number of likely N-dealkylation sites (N-methyl/N-ethyl adjacent to an activating group) is 1. The minimum atomic E-state index is -0.185. The van der Waals surface area contributed by atoms with E-state index in [1.54, 1.807) is 0 Å². The summed E-state index contributed by atoms with van der Waals surface area (Å²) in [6, 6.07) is 27.6. The molecule has 1 heterocycles. The molecule has 1 amide bonds. The lowest BCUT2D eigenvalue weighted by atomic mass is 9.99. The fourth-order valence-corrected chi connectivity index (χ4v) is 3.81. The van der Waals surface area contributed by atoms with Crippen LogP contribution in [-0.2, 0) is 4.79 Å². The van der Waals surface area contributed by atoms with Gasteiger partial charge in [-0.15, -0.1) is 0 Å². The van der Waals surface area contributed by atoms with Crippen LogP contribution >= 0.6 is 0 Å². The minimum Gasteiger partial charge on any atom is -0.486 e. The van der Waals surface area contributed by atoms with Crippen LogP contribution in [0.15, 0.2) is 84.9 Å². The highest BCUT2D eigenvalue weighted by Crippen LogP contribution is 2.31. The van der Waals surface area contributed by atoms with Crippen LogP contribution in [0.3, 0.4) is 0 Å². The normalized spacial score (nSPS) is 15.1. The van der Waals surface area contributed by atoms with E-state index in [-0.39, 0.29) is 18.1 Å². The molecule has 31 heavy (non-hydrogen) atoms. The van der Waals surface area contributed by atoms with Gasteiger partial charge in [0.05, 0.1) is 12.6 Å². The maximum atomic E-state index is 13.0. The number of hydrogen-bond acceptors (Lipinski definition) is 4. The molecule has 3 aromatic rings. The Morgan fingerprint density at radius 1 is 0.935 bits per heavy atom. The molecule has 5 nitrogen and oxygen atoms in total. The summed E-state index contributed by atoms with van der Waals surface area (Å²) in [5.41, 5.74) is 2.12. The lowest BCUT2D eigenvalue weighted by Crippen LogP contribution is -2.45. The number of nitrogens with zero attached hydrogens (tertiary/aromatic N) is 1. The number of amides is 1. The average molecular weight is 417 g/mol. The molecule has 0 saturated carbocycles. The van der Waals surface area contributed by atoms with Crippen molar-refractivity contribution in [3.8, 4) is 11.5 Å². The van der Waals surface area contributed by atoms with Crippen molar-refractivity contribution in [3.05, 3.63) is 96.1 Å². The van der Waals surface area contributed by atoms with Crippen LogP contribution in [-0.4, -0.2) is 43.2 Å². The number of hydrogen-bond donors (Lipinski definition) is 1. The molecule has 0 bridgehead atoms. The van der Waals surface area contributed by atoms with E-state index in [0.29, 0.717) is 19.7 Å². The molecule has 4 rings (SSSR count). The molecule has 1 unspecified atom stereocenters. The van der Waals surface area contributed by atoms with Gasteiger partial charge in [-0.3, -0.25) is 9.69 Å². The fourth-order valence-electron chi connectivity index (χ4n) is 3.81. The van der Waals surface area contributed by atoms with Crippen molar-refractivity contribution in [1.29, 1.82) is 0 Å². The van der Waals surface area contributed by atoms with Gasteiger partial charge in [-0.05, 0) is 29.8 Å². The monoisotopic (exact) mass is 416 g/mol. The Morgan fingerprint density at radius 3 is 2.13 bits per heavy atom. The summed E-state index contributed by atoms with van der Waals surface area (Å²) in [5.74, 6) is 1.51. The molecular weight excluding hydrogens is 388 g/mol. The summed E-state index contributed by atoms with van der Waals surface area (Å²) < 4.78 is 11.9. The summed E-state index contributed by atoms with van der Waals surface area (Å²) in [5, 5.41) is 3.21. The van der Waals surface area contributed by atoms with Gasteiger partial charge in [-0.1, -0.05) is 79.7 Å². The Bertz CT molecular complexity index is 939. The summed E-state index contributed by atoms with van der Waals surface area (Å²) >= 11 is 0. The van der Waals surface area contributed by atoms with E-state index in [1.165, 1.54) is 0 Å². The first-order chi connectivity index (χ1) is 15.2. The predicted octanol–water partition coefficient (Wildman–Crippen LogP) is 4.05. The highest BCUT2D eigenvalue weighted by Gasteiger charge is 2.24. The van der Waals surface area contributed by atoms with E-state index in [9.17, 15) is 4.79 Å². The lowest BCUT2D eigenvalue weighted by Gasteiger charge is -2.31. The van der Waals surface area contributed by atoms with Crippen LogP contribution in [0.2, 0.25) is 0 Å². The second-order valence-electron chi connectivity index (χ2n) is 7.65. The highest BCUT2D eigenvalue weighted by atomic mass is 16.6. The number of nitrogens with one attached hydrogen (secondary N) is 1. The third-order valence-electron chi connectivity index (χ3n) is 5.41. The summed E-state index contributed by atoms with van der Waals surface area (Å²) in [4.78, 5) is 15.1. The Morgan fingerprint density at radius 2 is 1.52 bits per heavy atom. The smallest absolute Gasteiger partial charge is 0.234 e. The summed E-state index contributed by atoms with van der Waals surface area (Å²) in [6.45, 7) is 4.20. The number of ether oxygens (including phenoxy) is 2. The lowest BCUT2D eigenvalue weighted by molar-refractivity contribution is -0.123. The molecule has 3 aromatic carbocycles. The Labute approximate surface area is 183 Å². The van der Waals surface area contributed by atoms with Crippen molar-refractivity contribution in [2.24, 2.45) is 0 Å².